The number of rotatable bonds is 4. The molecule has 1 aliphatic heterocycles. The van der Waals surface area contributed by atoms with Crippen LogP contribution in [0, 0.1) is 5.92 Å². The standard InChI is InChI=1S/C18H29N3O2/c1-18(2,3)23-17(22)21-10-4-5-15(13-21)12-20-11-14-6-8-16(19)9-7-14/h6-9,15,20H,4-5,10-13,19H2,1-3H3/t15-/m1/s1. The van der Waals surface area contributed by atoms with E-state index in [1.807, 2.05) is 49.9 Å². The molecule has 0 aliphatic carbocycles. The van der Waals surface area contributed by atoms with Gasteiger partial charge in [-0.05, 0) is 63.8 Å². The fraction of sp³-hybridized carbons (Fsp3) is 0.611. The first kappa shape index (κ1) is 17.6. The minimum absolute atomic E-state index is 0.194. The second-order valence-electron chi connectivity index (χ2n) is 7.31. The van der Waals surface area contributed by atoms with Gasteiger partial charge in [0.1, 0.15) is 5.60 Å². The molecule has 1 aromatic carbocycles. The summed E-state index contributed by atoms with van der Waals surface area (Å²) in [7, 11) is 0. The fourth-order valence-corrected chi connectivity index (χ4v) is 2.78. The summed E-state index contributed by atoms with van der Waals surface area (Å²) < 4.78 is 5.47. The molecule has 3 N–H and O–H groups in total. The number of carbonyl (C=O) groups excluding carboxylic acids is 1. The summed E-state index contributed by atoms with van der Waals surface area (Å²) >= 11 is 0. The van der Waals surface area contributed by atoms with Crippen molar-refractivity contribution in [1.82, 2.24) is 10.2 Å². The number of nitrogens with one attached hydrogen (secondary N) is 1. The lowest BCUT2D eigenvalue weighted by Gasteiger charge is -2.34. The molecule has 1 atom stereocenters. The highest BCUT2D eigenvalue weighted by molar-refractivity contribution is 5.68. The van der Waals surface area contributed by atoms with Crippen LogP contribution >= 0.6 is 0 Å². The van der Waals surface area contributed by atoms with Crippen molar-refractivity contribution in [3.8, 4) is 0 Å². The molecule has 1 fully saturated rings. The highest BCUT2D eigenvalue weighted by atomic mass is 16.6. The van der Waals surface area contributed by atoms with E-state index in [0.717, 1.165) is 44.7 Å². The van der Waals surface area contributed by atoms with E-state index < -0.39 is 5.60 Å². The average Bonchev–Trinajstić information content (AvgIpc) is 2.48. The van der Waals surface area contributed by atoms with Gasteiger partial charge in [0.15, 0.2) is 0 Å². The number of anilines is 1. The number of nitrogens with two attached hydrogens (primary N) is 1. The molecule has 0 spiro atoms. The Hall–Kier alpha value is -1.75. The quantitative estimate of drug-likeness (QED) is 0.837. The molecular weight excluding hydrogens is 290 g/mol. The highest BCUT2D eigenvalue weighted by Crippen LogP contribution is 2.19. The van der Waals surface area contributed by atoms with Crippen LogP contribution in [0.5, 0.6) is 0 Å². The highest BCUT2D eigenvalue weighted by Gasteiger charge is 2.27. The molecule has 128 valence electrons. The average molecular weight is 319 g/mol. The second kappa shape index (κ2) is 7.68. The fourth-order valence-electron chi connectivity index (χ4n) is 2.78. The van der Waals surface area contributed by atoms with Crippen molar-refractivity contribution < 1.29 is 9.53 Å². The van der Waals surface area contributed by atoms with Crippen molar-refractivity contribution >= 4 is 11.8 Å². The summed E-state index contributed by atoms with van der Waals surface area (Å²) in [4.78, 5) is 14.0. The zero-order valence-electron chi connectivity index (χ0n) is 14.5. The van der Waals surface area contributed by atoms with Crippen LogP contribution in [-0.2, 0) is 11.3 Å². The van der Waals surface area contributed by atoms with Crippen LogP contribution in [0.15, 0.2) is 24.3 Å². The predicted molar refractivity (Wildman–Crippen MR) is 93.1 cm³/mol. The number of amides is 1. The zero-order valence-corrected chi connectivity index (χ0v) is 14.5. The topological polar surface area (TPSA) is 67.6 Å². The first-order valence-electron chi connectivity index (χ1n) is 8.36. The first-order chi connectivity index (χ1) is 10.8. The largest absolute Gasteiger partial charge is 0.444 e. The van der Waals surface area contributed by atoms with Gasteiger partial charge in [-0.25, -0.2) is 4.79 Å². The Kier molecular flexibility index (Phi) is 5.88. The molecule has 1 saturated heterocycles. The van der Waals surface area contributed by atoms with Crippen LogP contribution in [0.25, 0.3) is 0 Å². The molecule has 5 heteroatoms. The number of carbonyl (C=O) groups is 1. The van der Waals surface area contributed by atoms with Crippen molar-refractivity contribution in [3.63, 3.8) is 0 Å². The number of hydrogen-bond acceptors (Lipinski definition) is 4. The monoisotopic (exact) mass is 319 g/mol. The van der Waals surface area contributed by atoms with Gasteiger partial charge in [0.05, 0.1) is 0 Å². The third kappa shape index (κ3) is 6.10. The normalized spacial score (nSPS) is 18.7. The molecular formula is C18H29N3O2. The third-order valence-electron chi connectivity index (χ3n) is 3.91. The molecule has 0 saturated carbocycles. The van der Waals surface area contributed by atoms with Gasteiger partial charge in [0.2, 0.25) is 0 Å². The van der Waals surface area contributed by atoms with Crippen molar-refractivity contribution in [3.05, 3.63) is 29.8 Å². The number of nitrogen functional groups attached to an aromatic ring is 1. The Labute approximate surface area is 139 Å². The summed E-state index contributed by atoms with van der Waals surface area (Å²) in [5.74, 6) is 0.477. The number of nitrogens with zero attached hydrogens (tertiary/aromatic N) is 1. The number of piperidine rings is 1. The summed E-state index contributed by atoms with van der Waals surface area (Å²) in [6.07, 6.45) is 1.99. The van der Waals surface area contributed by atoms with E-state index in [4.69, 9.17) is 10.5 Å². The van der Waals surface area contributed by atoms with Crippen LogP contribution in [0.3, 0.4) is 0 Å². The molecule has 5 nitrogen and oxygen atoms in total. The maximum absolute atomic E-state index is 12.2. The molecule has 1 aromatic rings. The molecule has 2 rings (SSSR count). The van der Waals surface area contributed by atoms with Gasteiger partial charge in [-0.3, -0.25) is 0 Å². The Morgan fingerprint density at radius 2 is 2.04 bits per heavy atom. The van der Waals surface area contributed by atoms with E-state index in [-0.39, 0.29) is 6.09 Å². The first-order valence-corrected chi connectivity index (χ1v) is 8.36. The Morgan fingerprint density at radius 3 is 2.70 bits per heavy atom. The summed E-state index contributed by atoms with van der Waals surface area (Å²) in [5.41, 5.74) is 7.26. The molecule has 0 unspecified atom stereocenters. The van der Waals surface area contributed by atoms with Crippen molar-refractivity contribution in [2.24, 2.45) is 5.92 Å². The van der Waals surface area contributed by atoms with Crippen LogP contribution in [-0.4, -0.2) is 36.2 Å². The van der Waals surface area contributed by atoms with E-state index in [1.165, 1.54) is 5.56 Å². The lowest BCUT2D eigenvalue weighted by atomic mass is 9.98. The molecule has 1 amide bonds. The van der Waals surface area contributed by atoms with E-state index >= 15 is 0 Å². The van der Waals surface area contributed by atoms with Gasteiger partial charge in [0, 0.05) is 25.3 Å². The summed E-state index contributed by atoms with van der Waals surface area (Å²) in [6.45, 7) is 9.00. The molecule has 23 heavy (non-hydrogen) atoms. The molecule has 1 heterocycles. The lowest BCUT2D eigenvalue weighted by molar-refractivity contribution is 0.0166. The minimum atomic E-state index is -0.433. The SMILES string of the molecule is CC(C)(C)OC(=O)N1CCC[C@H](CNCc2ccc(N)cc2)C1. The van der Waals surface area contributed by atoms with Gasteiger partial charge in [-0.2, -0.15) is 0 Å². The maximum atomic E-state index is 12.2. The van der Waals surface area contributed by atoms with Gasteiger partial charge < -0.3 is 20.7 Å². The van der Waals surface area contributed by atoms with Gasteiger partial charge in [-0.1, -0.05) is 12.1 Å². The van der Waals surface area contributed by atoms with Crippen molar-refractivity contribution in [2.75, 3.05) is 25.4 Å². The minimum Gasteiger partial charge on any atom is -0.444 e. The predicted octanol–water partition coefficient (Wildman–Crippen LogP) is 3.01. The van der Waals surface area contributed by atoms with E-state index in [0.29, 0.717) is 5.92 Å². The zero-order chi connectivity index (χ0) is 16.9. The van der Waals surface area contributed by atoms with Gasteiger partial charge in [-0.15, -0.1) is 0 Å². The lowest BCUT2D eigenvalue weighted by Crippen LogP contribution is -2.44. The molecule has 0 bridgehead atoms. The molecule has 0 aromatic heterocycles. The Morgan fingerprint density at radius 1 is 1.35 bits per heavy atom. The van der Waals surface area contributed by atoms with Gasteiger partial charge in [0.25, 0.3) is 0 Å². The Bertz CT molecular complexity index is 508. The smallest absolute Gasteiger partial charge is 0.410 e. The van der Waals surface area contributed by atoms with Crippen LogP contribution in [0.2, 0.25) is 0 Å². The third-order valence-corrected chi connectivity index (χ3v) is 3.91. The van der Waals surface area contributed by atoms with Crippen LogP contribution < -0.4 is 11.1 Å². The van der Waals surface area contributed by atoms with Crippen LogP contribution in [0.1, 0.15) is 39.2 Å². The molecule has 1 aliphatic rings. The maximum Gasteiger partial charge on any atom is 0.410 e. The molecule has 0 radical (unpaired) electrons. The number of ether oxygens (including phenoxy) is 1. The van der Waals surface area contributed by atoms with Crippen molar-refractivity contribution in [2.45, 2.75) is 45.8 Å². The number of likely N-dealkylation sites (tertiary alicyclic amines) is 1. The van der Waals surface area contributed by atoms with E-state index in [2.05, 4.69) is 5.32 Å². The number of hydrogen-bond donors (Lipinski definition) is 2. The second-order valence-corrected chi connectivity index (χ2v) is 7.31. The summed E-state index contributed by atoms with van der Waals surface area (Å²) in [6, 6.07) is 7.91. The summed E-state index contributed by atoms with van der Waals surface area (Å²) in [5, 5.41) is 3.48. The number of benzene rings is 1. The van der Waals surface area contributed by atoms with Crippen molar-refractivity contribution in [1.29, 1.82) is 0 Å². The van der Waals surface area contributed by atoms with Crippen LogP contribution in [0.4, 0.5) is 10.5 Å². The van der Waals surface area contributed by atoms with E-state index in [1.54, 1.807) is 0 Å². The van der Waals surface area contributed by atoms with Gasteiger partial charge >= 0.3 is 6.09 Å². The van der Waals surface area contributed by atoms with E-state index in [9.17, 15) is 4.79 Å². The Balaban J connectivity index is 1.75.